The molecule has 9 nitrogen and oxygen atoms in total. The molecule has 4 rings (SSSR count). The number of carbonyl (C=O) groups excluding carboxylic acids is 1. The molecule has 0 radical (unpaired) electrons. The number of nitrogens with zero attached hydrogens (tertiary/aromatic N) is 1. The highest BCUT2D eigenvalue weighted by molar-refractivity contribution is 5.98. The summed E-state index contributed by atoms with van der Waals surface area (Å²) in [5.74, 6) is -0.700. The van der Waals surface area contributed by atoms with E-state index in [1.54, 1.807) is 12.1 Å². The summed E-state index contributed by atoms with van der Waals surface area (Å²) in [7, 11) is 2.83. The van der Waals surface area contributed by atoms with Gasteiger partial charge in [-0.1, -0.05) is 17.7 Å². The molecule has 2 heterocycles. The van der Waals surface area contributed by atoms with Crippen LogP contribution in [-0.2, 0) is 11.3 Å². The standard InChI is InChI=1S/C22H24N2O7/c1-29-14-9-8-13-15(18(14)30-2)21(27)31-17(13)16-19(25)23-22(28)24(20(16)26)11-10-12-6-4-3-5-7-12/h6,8-9,17,26H,3-5,7,10-11H2,1-2H3,(H,23,25,28)/t17-/m1/s1. The number of aromatic nitrogens is 2. The molecule has 0 saturated carbocycles. The highest BCUT2D eigenvalue weighted by Crippen LogP contribution is 2.44. The molecule has 1 aromatic carbocycles. The Balaban J connectivity index is 1.76. The number of allylic oxidation sites excluding steroid dienone is 2. The maximum atomic E-state index is 12.6. The Morgan fingerprint density at radius 3 is 2.68 bits per heavy atom. The Kier molecular flexibility index (Phi) is 5.58. The molecule has 164 valence electrons. The number of fused-ring (bicyclic) bond motifs is 1. The Hall–Kier alpha value is -3.49. The van der Waals surface area contributed by atoms with E-state index in [2.05, 4.69) is 11.1 Å². The number of aromatic amines is 1. The summed E-state index contributed by atoms with van der Waals surface area (Å²) in [4.78, 5) is 39.8. The van der Waals surface area contributed by atoms with Crippen LogP contribution in [-0.4, -0.2) is 34.8 Å². The summed E-state index contributed by atoms with van der Waals surface area (Å²) >= 11 is 0. The summed E-state index contributed by atoms with van der Waals surface area (Å²) in [6.07, 6.45) is 5.79. The zero-order valence-electron chi connectivity index (χ0n) is 17.4. The first-order valence-corrected chi connectivity index (χ1v) is 10.2. The third kappa shape index (κ3) is 3.60. The highest BCUT2D eigenvalue weighted by atomic mass is 16.6. The van der Waals surface area contributed by atoms with E-state index in [0.717, 1.165) is 30.3 Å². The van der Waals surface area contributed by atoms with Crippen LogP contribution >= 0.6 is 0 Å². The molecule has 2 N–H and O–H groups in total. The van der Waals surface area contributed by atoms with Crippen molar-refractivity contribution in [3.05, 3.63) is 61.3 Å². The summed E-state index contributed by atoms with van der Waals surface area (Å²) in [6, 6.07) is 3.16. The van der Waals surface area contributed by atoms with Crippen LogP contribution in [0.1, 0.15) is 59.7 Å². The molecule has 0 unspecified atom stereocenters. The number of cyclic esters (lactones) is 1. The van der Waals surface area contributed by atoms with Gasteiger partial charge < -0.3 is 19.3 Å². The minimum absolute atomic E-state index is 0.121. The molecule has 0 amide bonds. The van der Waals surface area contributed by atoms with E-state index in [1.165, 1.54) is 19.8 Å². The second-order valence-electron chi connectivity index (χ2n) is 7.56. The number of esters is 1. The first-order chi connectivity index (χ1) is 15.0. The van der Waals surface area contributed by atoms with Crippen LogP contribution in [0.25, 0.3) is 0 Å². The molecule has 1 aliphatic carbocycles. The molecule has 1 aromatic heterocycles. The summed E-state index contributed by atoms with van der Waals surface area (Å²) in [5, 5.41) is 10.9. The average molecular weight is 428 g/mol. The van der Waals surface area contributed by atoms with Crippen molar-refractivity contribution in [2.24, 2.45) is 0 Å². The fraction of sp³-hybridized carbons (Fsp3) is 0.409. The molecule has 0 saturated heterocycles. The maximum Gasteiger partial charge on any atom is 0.343 e. The molecule has 1 atom stereocenters. The molecule has 1 aliphatic heterocycles. The second kappa shape index (κ2) is 8.33. The van der Waals surface area contributed by atoms with Crippen molar-refractivity contribution in [2.75, 3.05) is 14.2 Å². The number of benzene rings is 1. The van der Waals surface area contributed by atoms with Crippen molar-refractivity contribution in [1.29, 1.82) is 0 Å². The number of rotatable bonds is 6. The van der Waals surface area contributed by atoms with Gasteiger partial charge in [0.15, 0.2) is 17.6 Å². The van der Waals surface area contributed by atoms with E-state index >= 15 is 0 Å². The first kappa shape index (κ1) is 20.8. The van der Waals surface area contributed by atoms with Crippen LogP contribution < -0.4 is 20.7 Å². The van der Waals surface area contributed by atoms with Crippen LogP contribution in [0.15, 0.2) is 33.4 Å². The van der Waals surface area contributed by atoms with Crippen LogP contribution in [0.4, 0.5) is 0 Å². The van der Waals surface area contributed by atoms with Gasteiger partial charge in [-0.15, -0.1) is 0 Å². The van der Waals surface area contributed by atoms with Crippen molar-refractivity contribution in [3.8, 4) is 17.4 Å². The van der Waals surface area contributed by atoms with Crippen LogP contribution in [0.3, 0.4) is 0 Å². The van der Waals surface area contributed by atoms with E-state index in [0.29, 0.717) is 17.7 Å². The zero-order valence-corrected chi connectivity index (χ0v) is 17.4. The molecular formula is C22H24N2O7. The summed E-state index contributed by atoms with van der Waals surface area (Å²) < 4.78 is 17.1. The van der Waals surface area contributed by atoms with E-state index in [-0.39, 0.29) is 23.4 Å². The number of nitrogens with one attached hydrogen (secondary N) is 1. The third-order valence-corrected chi connectivity index (χ3v) is 5.80. The third-order valence-electron chi connectivity index (χ3n) is 5.80. The minimum atomic E-state index is -1.17. The van der Waals surface area contributed by atoms with E-state index in [4.69, 9.17) is 14.2 Å². The predicted molar refractivity (Wildman–Crippen MR) is 111 cm³/mol. The smallest absolute Gasteiger partial charge is 0.343 e. The van der Waals surface area contributed by atoms with Gasteiger partial charge in [0.1, 0.15) is 11.1 Å². The fourth-order valence-electron chi connectivity index (χ4n) is 4.22. The largest absolute Gasteiger partial charge is 0.494 e. The number of H-pyrrole nitrogens is 1. The predicted octanol–water partition coefficient (Wildman–Crippen LogP) is 2.41. The quantitative estimate of drug-likeness (QED) is 0.535. The van der Waals surface area contributed by atoms with Crippen molar-refractivity contribution in [3.63, 3.8) is 0 Å². The lowest BCUT2D eigenvalue weighted by Crippen LogP contribution is -2.33. The lowest BCUT2D eigenvalue weighted by molar-refractivity contribution is 0.0446. The van der Waals surface area contributed by atoms with Gasteiger partial charge in [-0.05, 0) is 38.2 Å². The summed E-state index contributed by atoms with van der Waals surface area (Å²) in [6.45, 7) is 0.208. The molecule has 0 bridgehead atoms. The minimum Gasteiger partial charge on any atom is -0.494 e. The highest BCUT2D eigenvalue weighted by Gasteiger charge is 2.40. The van der Waals surface area contributed by atoms with Crippen molar-refractivity contribution in [1.82, 2.24) is 9.55 Å². The SMILES string of the molecule is COc1ccc2c(c1OC)C(=O)O[C@H]2c1c(O)n(CCC2=CCCCC2)c(=O)[nH]c1=O. The number of aromatic hydroxyl groups is 1. The number of methoxy groups -OCH3 is 2. The van der Waals surface area contributed by atoms with Crippen LogP contribution in [0, 0.1) is 0 Å². The Labute approximate surface area is 177 Å². The second-order valence-corrected chi connectivity index (χ2v) is 7.56. The average Bonchev–Trinajstić information content (AvgIpc) is 3.09. The lowest BCUT2D eigenvalue weighted by Gasteiger charge is -2.17. The molecule has 9 heteroatoms. The molecule has 0 spiro atoms. The van der Waals surface area contributed by atoms with Gasteiger partial charge in [-0.2, -0.15) is 0 Å². The van der Waals surface area contributed by atoms with Crippen molar-refractivity contribution < 1.29 is 24.1 Å². The van der Waals surface area contributed by atoms with E-state index in [1.807, 2.05) is 0 Å². The molecule has 2 aromatic rings. The number of ether oxygens (including phenoxy) is 3. The maximum absolute atomic E-state index is 12.6. The van der Waals surface area contributed by atoms with Crippen LogP contribution in [0.5, 0.6) is 17.4 Å². The van der Waals surface area contributed by atoms with Gasteiger partial charge in [-0.3, -0.25) is 14.3 Å². The van der Waals surface area contributed by atoms with Gasteiger partial charge in [0, 0.05) is 12.1 Å². The van der Waals surface area contributed by atoms with E-state index < -0.39 is 29.2 Å². The van der Waals surface area contributed by atoms with Gasteiger partial charge in [0.25, 0.3) is 5.56 Å². The lowest BCUT2D eigenvalue weighted by atomic mass is 9.97. The van der Waals surface area contributed by atoms with Crippen molar-refractivity contribution >= 4 is 5.97 Å². The number of hydrogen-bond acceptors (Lipinski definition) is 7. The van der Waals surface area contributed by atoms with Crippen molar-refractivity contribution in [2.45, 2.75) is 44.8 Å². The number of carbonyl (C=O) groups is 1. The first-order valence-electron chi connectivity index (χ1n) is 10.2. The Morgan fingerprint density at radius 2 is 2.00 bits per heavy atom. The van der Waals surface area contributed by atoms with Gasteiger partial charge in [-0.25, -0.2) is 9.59 Å². The van der Waals surface area contributed by atoms with Gasteiger partial charge in [0.2, 0.25) is 5.88 Å². The van der Waals surface area contributed by atoms with Gasteiger partial charge in [0.05, 0.1) is 14.2 Å². The monoisotopic (exact) mass is 428 g/mol. The topological polar surface area (TPSA) is 120 Å². The normalized spacial score (nSPS) is 17.7. The fourth-order valence-corrected chi connectivity index (χ4v) is 4.22. The van der Waals surface area contributed by atoms with Gasteiger partial charge >= 0.3 is 11.7 Å². The molecule has 0 fully saturated rings. The van der Waals surface area contributed by atoms with E-state index in [9.17, 15) is 19.5 Å². The molecule has 2 aliphatic rings. The Morgan fingerprint density at radius 1 is 1.19 bits per heavy atom. The molecule has 31 heavy (non-hydrogen) atoms. The number of hydrogen-bond donors (Lipinski definition) is 2. The zero-order chi connectivity index (χ0) is 22.1. The van der Waals surface area contributed by atoms with Crippen LogP contribution in [0.2, 0.25) is 0 Å². The summed E-state index contributed by atoms with van der Waals surface area (Å²) in [5.41, 5.74) is -0.0219. The molecular weight excluding hydrogens is 404 g/mol. The Bertz CT molecular complexity index is 1180.